The maximum Gasteiger partial charge on any atom is 0.276 e. The lowest BCUT2D eigenvalue weighted by atomic mass is 10.1. The smallest absolute Gasteiger partial charge is 0.276 e. The standard InChI is InChI=1S/C22H28N8O3/c1-22(2,33)11-27-20(31)18(23)17(10-24-3)30-21(32)19-16(28-14-8-25-12-26-9-14)7-6-15(29-19)13-4-5-13/h6-10,12-13,23-24,28,33H,4-5,11H2,1-3H3,(H,27,31)(H,30,32)/b17-10+,23-18?. The van der Waals surface area contributed by atoms with Crippen LogP contribution >= 0.6 is 0 Å². The Morgan fingerprint density at radius 1 is 1.24 bits per heavy atom. The van der Waals surface area contributed by atoms with Gasteiger partial charge in [-0.15, -0.1) is 0 Å². The molecule has 0 radical (unpaired) electrons. The zero-order chi connectivity index (χ0) is 24.0. The number of anilines is 2. The van der Waals surface area contributed by atoms with E-state index in [2.05, 4.69) is 36.2 Å². The van der Waals surface area contributed by atoms with Gasteiger partial charge < -0.3 is 26.4 Å². The number of nitrogens with one attached hydrogen (secondary N) is 5. The third kappa shape index (κ3) is 6.81. The molecule has 3 rings (SSSR count). The van der Waals surface area contributed by atoms with Gasteiger partial charge in [0, 0.05) is 31.4 Å². The molecule has 11 heteroatoms. The van der Waals surface area contributed by atoms with Gasteiger partial charge in [-0.2, -0.15) is 0 Å². The van der Waals surface area contributed by atoms with Crippen molar-refractivity contribution >= 4 is 28.9 Å². The maximum atomic E-state index is 13.2. The van der Waals surface area contributed by atoms with Crippen LogP contribution in [0.15, 0.2) is 42.8 Å². The van der Waals surface area contributed by atoms with E-state index in [0.29, 0.717) is 17.3 Å². The van der Waals surface area contributed by atoms with Crippen molar-refractivity contribution in [1.29, 1.82) is 5.41 Å². The van der Waals surface area contributed by atoms with Crippen LogP contribution in [0, 0.1) is 5.41 Å². The highest BCUT2D eigenvalue weighted by molar-refractivity contribution is 6.44. The van der Waals surface area contributed by atoms with E-state index in [-0.39, 0.29) is 17.9 Å². The summed E-state index contributed by atoms with van der Waals surface area (Å²) in [5.74, 6) is -0.999. The second kappa shape index (κ2) is 10.2. The van der Waals surface area contributed by atoms with Gasteiger partial charge in [0.15, 0.2) is 5.69 Å². The molecule has 0 spiro atoms. The average Bonchev–Trinajstić information content (AvgIpc) is 3.62. The normalized spacial score (nSPS) is 13.8. The maximum absolute atomic E-state index is 13.2. The molecule has 0 atom stereocenters. The van der Waals surface area contributed by atoms with Gasteiger partial charge in [0.1, 0.15) is 12.0 Å². The fourth-order valence-electron chi connectivity index (χ4n) is 2.88. The SMILES string of the molecule is CN/C=C(/NC(=O)c1nc(C2CC2)ccc1Nc1cncnc1)C(=N)C(=O)NCC(C)(C)O. The van der Waals surface area contributed by atoms with Crippen LogP contribution in [0.3, 0.4) is 0 Å². The summed E-state index contributed by atoms with van der Waals surface area (Å²) in [5.41, 5.74) is 0.309. The molecular formula is C22H28N8O3. The lowest BCUT2D eigenvalue weighted by Crippen LogP contribution is -2.43. The summed E-state index contributed by atoms with van der Waals surface area (Å²) < 4.78 is 0. The Morgan fingerprint density at radius 3 is 2.55 bits per heavy atom. The fourth-order valence-corrected chi connectivity index (χ4v) is 2.88. The van der Waals surface area contributed by atoms with Crippen molar-refractivity contribution in [2.75, 3.05) is 18.9 Å². The molecule has 11 nitrogen and oxygen atoms in total. The van der Waals surface area contributed by atoms with Crippen LogP contribution in [0.25, 0.3) is 0 Å². The number of nitrogens with zero attached hydrogens (tertiary/aromatic N) is 3. The van der Waals surface area contributed by atoms with Crippen LogP contribution < -0.4 is 21.3 Å². The highest BCUT2D eigenvalue weighted by atomic mass is 16.3. The quantitative estimate of drug-likeness (QED) is 0.293. The van der Waals surface area contributed by atoms with E-state index in [9.17, 15) is 14.7 Å². The van der Waals surface area contributed by atoms with Crippen LogP contribution in [-0.4, -0.2) is 56.8 Å². The van der Waals surface area contributed by atoms with Crippen LogP contribution in [0.4, 0.5) is 11.4 Å². The van der Waals surface area contributed by atoms with Gasteiger partial charge in [0.05, 0.1) is 35.1 Å². The molecule has 0 aromatic carbocycles. The van der Waals surface area contributed by atoms with Crippen LogP contribution in [0.5, 0.6) is 0 Å². The highest BCUT2D eigenvalue weighted by Gasteiger charge is 2.28. The molecule has 1 aliphatic rings. The third-order valence-electron chi connectivity index (χ3n) is 4.68. The number of hydrogen-bond acceptors (Lipinski definition) is 9. The zero-order valence-electron chi connectivity index (χ0n) is 18.8. The number of aromatic nitrogens is 3. The number of rotatable bonds is 10. The van der Waals surface area contributed by atoms with Crippen molar-refractivity contribution in [3.05, 3.63) is 54.1 Å². The molecule has 6 N–H and O–H groups in total. The second-order valence-corrected chi connectivity index (χ2v) is 8.33. The summed E-state index contributed by atoms with van der Waals surface area (Å²) in [6.07, 6.45) is 7.91. The molecular weight excluding hydrogens is 424 g/mol. The summed E-state index contributed by atoms with van der Waals surface area (Å²) in [6.45, 7) is 3.02. The molecule has 0 bridgehead atoms. The largest absolute Gasteiger partial charge is 0.392 e. The van der Waals surface area contributed by atoms with Gasteiger partial charge in [-0.3, -0.25) is 15.0 Å². The minimum absolute atomic E-state index is 0.0386. The molecule has 0 saturated heterocycles. The van der Waals surface area contributed by atoms with Gasteiger partial charge >= 0.3 is 0 Å². The Hall–Kier alpha value is -3.86. The van der Waals surface area contributed by atoms with E-state index < -0.39 is 23.1 Å². The predicted molar refractivity (Wildman–Crippen MR) is 123 cm³/mol. The Kier molecular flexibility index (Phi) is 7.34. The van der Waals surface area contributed by atoms with Crippen LogP contribution in [-0.2, 0) is 4.79 Å². The molecule has 1 aliphatic carbocycles. The molecule has 33 heavy (non-hydrogen) atoms. The summed E-state index contributed by atoms with van der Waals surface area (Å²) in [4.78, 5) is 38.0. The molecule has 2 aromatic rings. The lowest BCUT2D eigenvalue weighted by Gasteiger charge is -2.19. The van der Waals surface area contributed by atoms with E-state index in [1.165, 1.54) is 26.4 Å². The molecule has 2 aromatic heterocycles. The van der Waals surface area contributed by atoms with Gasteiger partial charge in [-0.1, -0.05) is 0 Å². The first-order valence-corrected chi connectivity index (χ1v) is 10.5. The minimum Gasteiger partial charge on any atom is -0.392 e. The molecule has 0 aliphatic heterocycles. The molecule has 2 amide bonds. The Balaban J connectivity index is 1.82. The van der Waals surface area contributed by atoms with Crippen molar-refractivity contribution in [3.8, 4) is 0 Å². The average molecular weight is 453 g/mol. The van der Waals surface area contributed by atoms with Gasteiger partial charge in [0.2, 0.25) is 0 Å². The molecule has 1 fully saturated rings. The minimum atomic E-state index is -1.14. The molecule has 2 heterocycles. The van der Waals surface area contributed by atoms with E-state index in [4.69, 9.17) is 5.41 Å². The number of hydrogen-bond donors (Lipinski definition) is 6. The van der Waals surface area contributed by atoms with E-state index in [0.717, 1.165) is 18.5 Å². The number of amides is 2. The van der Waals surface area contributed by atoms with E-state index >= 15 is 0 Å². The third-order valence-corrected chi connectivity index (χ3v) is 4.68. The first-order valence-electron chi connectivity index (χ1n) is 10.5. The van der Waals surface area contributed by atoms with Crippen LogP contribution in [0.2, 0.25) is 0 Å². The summed E-state index contributed by atoms with van der Waals surface area (Å²) in [6, 6.07) is 3.64. The summed E-state index contributed by atoms with van der Waals surface area (Å²) >= 11 is 0. The zero-order valence-corrected chi connectivity index (χ0v) is 18.8. The first kappa shape index (κ1) is 23.8. The Labute approximate surface area is 191 Å². The summed E-state index contributed by atoms with van der Waals surface area (Å²) in [7, 11) is 1.59. The molecule has 174 valence electrons. The van der Waals surface area contributed by atoms with Gasteiger partial charge in [-0.25, -0.2) is 15.0 Å². The lowest BCUT2D eigenvalue weighted by molar-refractivity contribution is -0.115. The molecule has 0 unspecified atom stereocenters. The fraction of sp³-hybridized carbons (Fsp3) is 0.364. The van der Waals surface area contributed by atoms with Crippen molar-refractivity contribution in [2.24, 2.45) is 0 Å². The number of pyridine rings is 1. The number of aliphatic hydroxyl groups is 1. The van der Waals surface area contributed by atoms with Crippen molar-refractivity contribution in [1.82, 2.24) is 30.9 Å². The summed E-state index contributed by atoms with van der Waals surface area (Å²) in [5, 5.41) is 28.9. The number of carbonyl (C=O) groups excluding carboxylic acids is 2. The van der Waals surface area contributed by atoms with E-state index in [1.807, 2.05) is 6.07 Å². The van der Waals surface area contributed by atoms with Crippen molar-refractivity contribution < 1.29 is 14.7 Å². The Morgan fingerprint density at radius 2 is 1.94 bits per heavy atom. The second-order valence-electron chi connectivity index (χ2n) is 8.33. The molecule has 1 saturated carbocycles. The Bertz CT molecular complexity index is 1060. The van der Waals surface area contributed by atoms with Gasteiger partial charge in [0.25, 0.3) is 11.8 Å². The van der Waals surface area contributed by atoms with E-state index in [1.54, 1.807) is 25.5 Å². The van der Waals surface area contributed by atoms with Crippen LogP contribution in [0.1, 0.15) is 48.8 Å². The first-order chi connectivity index (χ1) is 15.7. The topological polar surface area (TPSA) is 165 Å². The predicted octanol–water partition coefficient (Wildman–Crippen LogP) is 1.19. The van der Waals surface area contributed by atoms with Gasteiger partial charge in [-0.05, 0) is 38.8 Å². The highest BCUT2D eigenvalue weighted by Crippen LogP contribution is 2.39. The monoisotopic (exact) mass is 452 g/mol. The van der Waals surface area contributed by atoms with Crippen molar-refractivity contribution in [2.45, 2.75) is 38.2 Å². The van der Waals surface area contributed by atoms with Crippen molar-refractivity contribution in [3.63, 3.8) is 0 Å². The number of carbonyl (C=O) groups is 2.